The number of amides is 1. The fourth-order valence-corrected chi connectivity index (χ4v) is 3.27. The standard InChI is InChI=1S/C20H17ClN2O3S/c1-13-4-2-3-5-15(13)10-22-18(24)11-26-20(25)17-12-27-19(23-17)14-6-8-16(21)9-7-14/h2-9,12H,10-11H2,1H3,(H,22,24). The predicted octanol–water partition coefficient (Wildman–Crippen LogP) is 4.25. The van der Waals surface area contributed by atoms with E-state index in [0.29, 0.717) is 16.6 Å². The molecule has 1 aromatic heterocycles. The summed E-state index contributed by atoms with van der Waals surface area (Å²) in [5.74, 6) is -0.989. The van der Waals surface area contributed by atoms with Gasteiger partial charge in [-0.2, -0.15) is 0 Å². The van der Waals surface area contributed by atoms with Gasteiger partial charge in [-0.15, -0.1) is 11.3 Å². The van der Waals surface area contributed by atoms with Crippen molar-refractivity contribution in [1.29, 1.82) is 0 Å². The van der Waals surface area contributed by atoms with E-state index in [9.17, 15) is 9.59 Å². The van der Waals surface area contributed by atoms with Gasteiger partial charge >= 0.3 is 5.97 Å². The third-order valence-corrected chi connectivity index (χ3v) is 5.02. The van der Waals surface area contributed by atoms with Crippen LogP contribution in [0, 0.1) is 6.92 Å². The molecule has 0 radical (unpaired) electrons. The monoisotopic (exact) mass is 400 g/mol. The number of aromatic nitrogens is 1. The minimum Gasteiger partial charge on any atom is -0.451 e. The second kappa shape index (κ2) is 8.79. The van der Waals surface area contributed by atoms with Gasteiger partial charge in [0.25, 0.3) is 5.91 Å². The van der Waals surface area contributed by atoms with Crippen LogP contribution in [0.4, 0.5) is 0 Å². The van der Waals surface area contributed by atoms with E-state index in [0.717, 1.165) is 16.7 Å². The molecule has 27 heavy (non-hydrogen) atoms. The largest absolute Gasteiger partial charge is 0.451 e. The number of hydrogen-bond donors (Lipinski definition) is 1. The van der Waals surface area contributed by atoms with Crippen LogP contribution in [0.2, 0.25) is 5.02 Å². The quantitative estimate of drug-likeness (QED) is 0.628. The second-order valence-electron chi connectivity index (χ2n) is 5.82. The molecule has 2 aromatic carbocycles. The zero-order valence-electron chi connectivity index (χ0n) is 14.6. The molecule has 0 aliphatic rings. The fraction of sp³-hybridized carbons (Fsp3) is 0.150. The Hall–Kier alpha value is -2.70. The number of rotatable bonds is 6. The number of thiazole rings is 1. The van der Waals surface area contributed by atoms with Gasteiger partial charge in [-0.3, -0.25) is 4.79 Å². The van der Waals surface area contributed by atoms with Crippen LogP contribution in [0.3, 0.4) is 0 Å². The van der Waals surface area contributed by atoms with Crippen LogP contribution in [0.15, 0.2) is 53.9 Å². The highest BCUT2D eigenvalue weighted by atomic mass is 35.5. The molecule has 138 valence electrons. The molecule has 1 N–H and O–H groups in total. The first-order valence-corrected chi connectivity index (χ1v) is 9.48. The van der Waals surface area contributed by atoms with Gasteiger partial charge in [-0.05, 0) is 30.2 Å². The molecule has 0 unspecified atom stereocenters. The fourth-order valence-electron chi connectivity index (χ4n) is 2.35. The molecular formula is C20H17ClN2O3S. The molecule has 0 bridgehead atoms. The number of ether oxygens (including phenoxy) is 1. The minimum absolute atomic E-state index is 0.177. The molecule has 7 heteroatoms. The van der Waals surface area contributed by atoms with E-state index in [1.54, 1.807) is 17.5 Å². The highest BCUT2D eigenvalue weighted by Gasteiger charge is 2.15. The SMILES string of the molecule is Cc1ccccc1CNC(=O)COC(=O)c1csc(-c2ccc(Cl)cc2)n1. The van der Waals surface area contributed by atoms with E-state index < -0.39 is 5.97 Å². The third-order valence-electron chi connectivity index (χ3n) is 3.88. The average Bonchev–Trinajstić information content (AvgIpc) is 3.16. The molecule has 0 aliphatic heterocycles. The molecule has 0 aliphatic carbocycles. The summed E-state index contributed by atoms with van der Waals surface area (Å²) in [4.78, 5) is 28.3. The Morgan fingerprint density at radius 2 is 1.89 bits per heavy atom. The van der Waals surface area contributed by atoms with Gasteiger partial charge in [0, 0.05) is 22.5 Å². The minimum atomic E-state index is -0.627. The lowest BCUT2D eigenvalue weighted by atomic mass is 10.1. The lowest BCUT2D eigenvalue weighted by Gasteiger charge is -2.08. The van der Waals surface area contributed by atoms with Crippen LogP contribution in [0.1, 0.15) is 21.6 Å². The number of nitrogens with one attached hydrogen (secondary N) is 1. The van der Waals surface area contributed by atoms with Crippen molar-refractivity contribution in [2.75, 3.05) is 6.61 Å². The maximum atomic E-state index is 12.1. The van der Waals surface area contributed by atoms with Crippen molar-refractivity contribution < 1.29 is 14.3 Å². The van der Waals surface area contributed by atoms with Crippen molar-refractivity contribution >= 4 is 34.8 Å². The molecule has 5 nitrogen and oxygen atoms in total. The lowest BCUT2D eigenvalue weighted by molar-refractivity contribution is -0.124. The normalized spacial score (nSPS) is 10.4. The lowest BCUT2D eigenvalue weighted by Crippen LogP contribution is -2.28. The van der Waals surface area contributed by atoms with E-state index in [4.69, 9.17) is 16.3 Å². The zero-order valence-corrected chi connectivity index (χ0v) is 16.1. The van der Waals surface area contributed by atoms with Crippen molar-refractivity contribution in [1.82, 2.24) is 10.3 Å². The highest BCUT2D eigenvalue weighted by Crippen LogP contribution is 2.25. The third kappa shape index (κ3) is 5.15. The Kier molecular flexibility index (Phi) is 6.21. The number of halogens is 1. The Morgan fingerprint density at radius 1 is 1.15 bits per heavy atom. The summed E-state index contributed by atoms with van der Waals surface area (Å²) in [6.07, 6.45) is 0. The summed E-state index contributed by atoms with van der Waals surface area (Å²) in [6.45, 7) is 2.01. The molecule has 3 aromatic rings. The topological polar surface area (TPSA) is 68.3 Å². The van der Waals surface area contributed by atoms with Crippen molar-refractivity contribution in [3.63, 3.8) is 0 Å². The van der Waals surface area contributed by atoms with Gasteiger partial charge in [-0.25, -0.2) is 9.78 Å². The second-order valence-corrected chi connectivity index (χ2v) is 7.12. The maximum absolute atomic E-state index is 12.1. The van der Waals surface area contributed by atoms with Crippen LogP contribution in [0.25, 0.3) is 10.6 Å². The van der Waals surface area contributed by atoms with E-state index in [2.05, 4.69) is 10.3 Å². The average molecular weight is 401 g/mol. The van der Waals surface area contributed by atoms with Gasteiger partial charge < -0.3 is 10.1 Å². The summed E-state index contributed by atoms with van der Waals surface area (Å²) >= 11 is 7.19. The summed E-state index contributed by atoms with van der Waals surface area (Å²) in [5, 5.41) is 5.66. The number of benzene rings is 2. The van der Waals surface area contributed by atoms with Gasteiger partial charge in [0.15, 0.2) is 12.3 Å². The van der Waals surface area contributed by atoms with Crippen molar-refractivity contribution in [3.8, 4) is 10.6 Å². The first kappa shape index (κ1) is 19.1. The summed E-state index contributed by atoms with van der Waals surface area (Å²) in [6, 6.07) is 14.9. The molecule has 0 fully saturated rings. The number of esters is 1. The van der Waals surface area contributed by atoms with Crippen LogP contribution in [-0.2, 0) is 16.1 Å². The molecule has 0 spiro atoms. The van der Waals surface area contributed by atoms with Crippen molar-refractivity contribution in [3.05, 3.63) is 75.8 Å². The number of hydrogen-bond acceptors (Lipinski definition) is 5. The Balaban J connectivity index is 1.51. The molecular weight excluding hydrogens is 384 g/mol. The van der Waals surface area contributed by atoms with E-state index >= 15 is 0 Å². The molecule has 1 amide bonds. The summed E-state index contributed by atoms with van der Waals surface area (Å²) in [5.41, 5.74) is 3.15. The molecule has 0 saturated heterocycles. The van der Waals surface area contributed by atoms with E-state index in [1.807, 2.05) is 43.3 Å². The Bertz CT molecular complexity index is 954. The number of nitrogens with zero attached hydrogens (tertiary/aromatic N) is 1. The van der Waals surface area contributed by atoms with Gasteiger partial charge in [0.2, 0.25) is 0 Å². The molecule has 0 saturated carbocycles. The van der Waals surface area contributed by atoms with E-state index in [-0.39, 0.29) is 18.2 Å². The van der Waals surface area contributed by atoms with Crippen LogP contribution in [0.5, 0.6) is 0 Å². The van der Waals surface area contributed by atoms with Crippen molar-refractivity contribution in [2.24, 2.45) is 0 Å². The van der Waals surface area contributed by atoms with Crippen LogP contribution < -0.4 is 5.32 Å². The molecule has 1 heterocycles. The predicted molar refractivity (Wildman–Crippen MR) is 106 cm³/mol. The Labute approximate surface area is 166 Å². The van der Waals surface area contributed by atoms with Gasteiger partial charge in [0.05, 0.1) is 0 Å². The summed E-state index contributed by atoms with van der Waals surface area (Å²) < 4.78 is 5.05. The van der Waals surface area contributed by atoms with Crippen LogP contribution in [-0.4, -0.2) is 23.5 Å². The number of aryl methyl sites for hydroxylation is 1. The number of carbonyl (C=O) groups is 2. The zero-order chi connectivity index (χ0) is 19.2. The number of carbonyl (C=O) groups excluding carboxylic acids is 2. The van der Waals surface area contributed by atoms with Crippen LogP contribution >= 0.6 is 22.9 Å². The first-order valence-electron chi connectivity index (χ1n) is 8.23. The molecule has 0 atom stereocenters. The molecule has 3 rings (SSSR count). The van der Waals surface area contributed by atoms with E-state index in [1.165, 1.54) is 11.3 Å². The Morgan fingerprint density at radius 3 is 2.63 bits per heavy atom. The van der Waals surface area contributed by atoms with Gasteiger partial charge in [-0.1, -0.05) is 48.0 Å². The smallest absolute Gasteiger partial charge is 0.358 e. The highest BCUT2D eigenvalue weighted by molar-refractivity contribution is 7.13. The first-order chi connectivity index (χ1) is 13.0. The van der Waals surface area contributed by atoms with Gasteiger partial charge in [0.1, 0.15) is 5.01 Å². The van der Waals surface area contributed by atoms with Crippen molar-refractivity contribution in [2.45, 2.75) is 13.5 Å². The maximum Gasteiger partial charge on any atom is 0.358 e. The summed E-state index contributed by atoms with van der Waals surface area (Å²) in [7, 11) is 0.